The molecule has 3 heteroatoms. The standard InChI is InChI=1S/C13H18O3/c1-10(14)12-6-2-3-7-13(12)16-11-5-4-8-15-9-11/h2-3,6-7,10-11,14H,4-5,8-9H2,1H3. The number of ether oxygens (including phenoxy) is 2. The zero-order valence-electron chi connectivity index (χ0n) is 9.56. The molecule has 1 heterocycles. The lowest BCUT2D eigenvalue weighted by Crippen LogP contribution is -2.28. The summed E-state index contributed by atoms with van der Waals surface area (Å²) < 4.78 is 11.2. The predicted octanol–water partition coefficient (Wildman–Crippen LogP) is 2.30. The Bertz CT molecular complexity index is 330. The van der Waals surface area contributed by atoms with Gasteiger partial charge in [-0.3, -0.25) is 0 Å². The van der Waals surface area contributed by atoms with E-state index in [-0.39, 0.29) is 6.10 Å². The van der Waals surface area contributed by atoms with Crippen molar-refractivity contribution in [2.24, 2.45) is 0 Å². The van der Waals surface area contributed by atoms with Gasteiger partial charge in [-0.1, -0.05) is 18.2 Å². The van der Waals surface area contributed by atoms with Crippen molar-refractivity contribution >= 4 is 0 Å². The van der Waals surface area contributed by atoms with Crippen molar-refractivity contribution in [1.29, 1.82) is 0 Å². The molecule has 1 aromatic rings. The van der Waals surface area contributed by atoms with Crippen LogP contribution in [0, 0.1) is 0 Å². The highest BCUT2D eigenvalue weighted by molar-refractivity contribution is 5.34. The summed E-state index contributed by atoms with van der Waals surface area (Å²) in [5, 5.41) is 9.62. The minimum Gasteiger partial charge on any atom is -0.488 e. The Balaban J connectivity index is 2.07. The molecule has 3 nitrogen and oxygen atoms in total. The molecule has 88 valence electrons. The van der Waals surface area contributed by atoms with Crippen LogP contribution in [0.3, 0.4) is 0 Å². The van der Waals surface area contributed by atoms with E-state index >= 15 is 0 Å². The first kappa shape index (κ1) is 11.4. The van der Waals surface area contributed by atoms with Crippen molar-refractivity contribution in [1.82, 2.24) is 0 Å². The fraction of sp³-hybridized carbons (Fsp3) is 0.538. The van der Waals surface area contributed by atoms with Crippen molar-refractivity contribution in [3.8, 4) is 5.75 Å². The van der Waals surface area contributed by atoms with Gasteiger partial charge in [0.15, 0.2) is 0 Å². The van der Waals surface area contributed by atoms with Gasteiger partial charge in [-0.15, -0.1) is 0 Å². The Labute approximate surface area is 96.0 Å². The van der Waals surface area contributed by atoms with Gasteiger partial charge in [-0.05, 0) is 25.8 Å². The summed E-state index contributed by atoms with van der Waals surface area (Å²) in [7, 11) is 0. The first-order chi connectivity index (χ1) is 7.77. The average Bonchev–Trinajstić information content (AvgIpc) is 2.31. The van der Waals surface area contributed by atoms with E-state index in [4.69, 9.17) is 9.47 Å². The van der Waals surface area contributed by atoms with Crippen LogP contribution in [0.5, 0.6) is 5.75 Å². The molecule has 2 atom stereocenters. The lowest BCUT2D eigenvalue weighted by molar-refractivity contribution is 0.00614. The zero-order chi connectivity index (χ0) is 11.4. The van der Waals surface area contributed by atoms with Crippen LogP contribution in [0.4, 0.5) is 0 Å². The molecule has 2 unspecified atom stereocenters. The fourth-order valence-corrected chi connectivity index (χ4v) is 1.92. The van der Waals surface area contributed by atoms with Gasteiger partial charge in [-0.2, -0.15) is 0 Å². The molecule has 1 N–H and O–H groups in total. The molecule has 0 aliphatic carbocycles. The molecular formula is C13H18O3. The normalized spacial score (nSPS) is 22.8. The molecule has 1 aliphatic rings. The molecule has 0 saturated carbocycles. The number of hydrogen-bond acceptors (Lipinski definition) is 3. The van der Waals surface area contributed by atoms with Gasteiger partial charge in [0.05, 0.1) is 12.7 Å². The van der Waals surface area contributed by atoms with Crippen molar-refractivity contribution in [3.63, 3.8) is 0 Å². The molecule has 0 aromatic heterocycles. The van der Waals surface area contributed by atoms with Gasteiger partial charge in [0.1, 0.15) is 11.9 Å². The maximum Gasteiger partial charge on any atom is 0.125 e. The number of para-hydroxylation sites is 1. The van der Waals surface area contributed by atoms with Crippen LogP contribution < -0.4 is 4.74 Å². The van der Waals surface area contributed by atoms with Gasteiger partial charge in [-0.25, -0.2) is 0 Å². The van der Waals surface area contributed by atoms with Crippen LogP contribution >= 0.6 is 0 Å². The first-order valence-electron chi connectivity index (χ1n) is 5.79. The van der Waals surface area contributed by atoms with E-state index in [1.54, 1.807) is 6.92 Å². The molecule has 1 aromatic carbocycles. The van der Waals surface area contributed by atoms with Crippen LogP contribution in [0.1, 0.15) is 31.4 Å². The van der Waals surface area contributed by atoms with Crippen molar-refractivity contribution in [2.45, 2.75) is 32.0 Å². The number of benzene rings is 1. The Morgan fingerprint density at radius 3 is 2.94 bits per heavy atom. The summed E-state index contributed by atoms with van der Waals surface area (Å²) in [4.78, 5) is 0. The smallest absolute Gasteiger partial charge is 0.125 e. The molecule has 0 amide bonds. The lowest BCUT2D eigenvalue weighted by atomic mass is 10.1. The molecule has 2 rings (SSSR count). The second-order valence-electron chi connectivity index (χ2n) is 4.17. The number of aliphatic hydroxyl groups is 1. The van der Waals surface area contributed by atoms with Crippen LogP contribution in [-0.4, -0.2) is 24.4 Å². The molecule has 0 bridgehead atoms. The predicted molar refractivity (Wildman–Crippen MR) is 61.5 cm³/mol. The van der Waals surface area contributed by atoms with Gasteiger partial charge in [0.25, 0.3) is 0 Å². The number of aliphatic hydroxyl groups excluding tert-OH is 1. The van der Waals surface area contributed by atoms with Gasteiger partial charge in [0, 0.05) is 12.2 Å². The monoisotopic (exact) mass is 222 g/mol. The maximum absolute atomic E-state index is 9.62. The van der Waals surface area contributed by atoms with E-state index in [0.29, 0.717) is 6.61 Å². The number of hydrogen-bond donors (Lipinski definition) is 1. The summed E-state index contributed by atoms with van der Waals surface area (Å²) in [5.74, 6) is 0.771. The van der Waals surface area contributed by atoms with Crippen molar-refractivity contribution in [3.05, 3.63) is 29.8 Å². The van der Waals surface area contributed by atoms with Crippen molar-refractivity contribution in [2.75, 3.05) is 13.2 Å². The summed E-state index contributed by atoms with van der Waals surface area (Å²) in [5.41, 5.74) is 0.841. The van der Waals surface area contributed by atoms with E-state index in [1.807, 2.05) is 24.3 Å². The second kappa shape index (κ2) is 5.32. The summed E-state index contributed by atoms with van der Waals surface area (Å²) in [6.07, 6.45) is 1.68. The molecule has 0 radical (unpaired) electrons. The largest absolute Gasteiger partial charge is 0.488 e. The average molecular weight is 222 g/mol. The minimum absolute atomic E-state index is 0.119. The molecular weight excluding hydrogens is 204 g/mol. The Kier molecular flexibility index (Phi) is 3.80. The van der Waals surface area contributed by atoms with E-state index in [0.717, 1.165) is 30.8 Å². The Morgan fingerprint density at radius 2 is 2.25 bits per heavy atom. The summed E-state index contributed by atoms with van der Waals surface area (Å²) in [6, 6.07) is 7.62. The topological polar surface area (TPSA) is 38.7 Å². The highest BCUT2D eigenvalue weighted by atomic mass is 16.5. The highest BCUT2D eigenvalue weighted by Crippen LogP contribution is 2.26. The summed E-state index contributed by atoms with van der Waals surface area (Å²) >= 11 is 0. The number of rotatable bonds is 3. The third kappa shape index (κ3) is 2.74. The van der Waals surface area contributed by atoms with Crippen LogP contribution in [0.15, 0.2) is 24.3 Å². The fourth-order valence-electron chi connectivity index (χ4n) is 1.92. The van der Waals surface area contributed by atoms with Gasteiger partial charge >= 0.3 is 0 Å². The maximum atomic E-state index is 9.62. The Hall–Kier alpha value is -1.06. The van der Waals surface area contributed by atoms with E-state index in [2.05, 4.69) is 0 Å². The minimum atomic E-state index is -0.499. The molecule has 16 heavy (non-hydrogen) atoms. The lowest BCUT2D eigenvalue weighted by Gasteiger charge is -2.24. The third-order valence-corrected chi connectivity index (χ3v) is 2.78. The third-order valence-electron chi connectivity index (χ3n) is 2.78. The van der Waals surface area contributed by atoms with E-state index < -0.39 is 6.10 Å². The second-order valence-corrected chi connectivity index (χ2v) is 4.17. The molecule has 0 spiro atoms. The van der Waals surface area contributed by atoms with Crippen LogP contribution in [0.25, 0.3) is 0 Å². The summed E-state index contributed by atoms with van der Waals surface area (Å²) in [6.45, 7) is 3.23. The quantitative estimate of drug-likeness (QED) is 0.852. The van der Waals surface area contributed by atoms with E-state index in [9.17, 15) is 5.11 Å². The molecule has 1 fully saturated rings. The zero-order valence-corrected chi connectivity index (χ0v) is 9.56. The molecule has 1 saturated heterocycles. The highest BCUT2D eigenvalue weighted by Gasteiger charge is 2.17. The van der Waals surface area contributed by atoms with Crippen molar-refractivity contribution < 1.29 is 14.6 Å². The van der Waals surface area contributed by atoms with Crippen LogP contribution in [0.2, 0.25) is 0 Å². The SMILES string of the molecule is CC(O)c1ccccc1OC1CCCOC1. The van der Waals surface area contributed by atoms with Crippen LogP contribution in [-0.2, 0) is 4.74 Å². The van der Waals surface area contributed by atoms with E-state index in [1.165, 1.54) is 0 Å². The molecule has 1 aliphatic heterocycles. The first-order valence-corrected chi connectivity index (χ1v) is 5.79. The van der Waals surface area contributed by atoms with Gasteiger partial charge < -0.3 is 14.6 Å². The van der Waals surface area contributed by atoms with Gasteiger partial charge in [0.2, 0.25) is 0 Å². The Morgan fingerprint density at radius 1 is 1.44 bits per heavy atom.